The van der Waals surface area contributed by atoms with Crippen LogP contribution in [0.4, 0.5) is 4.79 Å². The number of piperidine rings is 1. The quantitative estimate of drug-likeness (QED) is 0.564. The maximum Gasteiger partial charge on any atom is 0.319 e. The van der Waals surface area contributed by atoms with Gasteiger partial charge in [-0.2, -0.15) is 0 Å². The molecule has 34 heavy (non-hydrogen) atoms. The molecule has 2 aromatic heterocycles. The molecule has 0 radical (unpaired) electrons. The second kappa shape index (κ2) is 10.4. The molecule has 4 amide bonds. The lowest BCUT2D eigenvalue weighted by Crippen LogP contribution is -2.50. The molecule has 1 saturated heterocycles. The maximum atomic E-state index is 13.0. The Morgan fingerprint density at radius 3 is 2.47 bits per heavy atom. The number of hydrazine groups is 1. The Morgan fingerprint density at radius 1 is 1.06 bits per heavy atom. The number of nitrogens with zero attached hydrogens (tertiary/aromatic N) is 3. The summed E-state index contributed by atoms with van der Waals surface area (Å²) < 4.78 is 5.44. The average Bonchev–Trinajstić information content (AvgIpc) is 3.42. The van der Waals surface area contributed by atoms with Crippen molar-refractivity contribution in [1.82, 2.24) is 25.6 Å². The van der Waals surface area contributed by atoms with Gasteiger partial charge in [0.05, 0.1) is 17.3 Å². The molecule has 0 saturated carbocycles. The number of benzene rings is 1. The Balaban J connectivity index is 1.40. The van der Waals surface area contributed by atoms with Crippen molar-refractivity contribution in [3.63, 3.8) is 0 Å². The standard InChI is InChI=1S/C25H29N5O4/c1-3-29(4-2)25(33)30-13-11-17(12-14-30)23(31)27-28-24(32)19-16-21(22-10-7-15-34-22)26-20-9-6-5-8-18(19)20/h5-10,15-17H,3-4,11-14H2,1-2H3,(H,27,31)(H,28,32). The van der Waals surface area contributed by atoms with Crippen LogP contribution in [0.15, 0.2) is 53.1 Å². The Labute approximate surface area is 198 Å². The van der Waals surface area contributed by atoms with E-state index in [1.54, 1.807) is 34.3 Å². The number of hydrogen-bond donors (Lipinski definition) is 2. The van der Waals surface area contributed by atoms with Crippen LogP contribution in [-0.4, -0.2) is 58.8 Å². The van der Waals surface area contributed by atoms with Crippen LogP contribution in [0, 0.1) is 5.92 Å². The summed E-state index contributed by atoms with van der Waals surface area (Å²) >= 11 is 0. The zero-order valence-corrected chi connectivity index (χ0v) is 19.4. The van der Waals surface area contributed by atoms with E-state index in [1.165, 1.54) is 0 Å². The number of urea groups is 1. The molecule has 9 heteroatoms. The fraction of sp³-hybridized carbons (Fsp3) is 0.360. The van der Waals surface area contributed by atoms with Crippen LogP contribution in [0.25, 0.3) is 22.4 Å². The molecule has 0 atom stereocenters. The molecule has 9 nitrogen and oxygen atoms in total. The minimum Gasteiger partial charge on any atom is -0.463 e. The average molecular weight is 464 g/mol. The molecule has 1 aromatic carbocycles. The summed E-state index contributed by atoms with van der Waals surface area (Å²) in [6, 6.07) is 12.5. The molecule has 0 aliphatic carbocycles. The second-order valence-electron chi connectivity index (χ2n) is 8.21. The van der Waals surface area contributed by atoms with E-state index in [1.807, 2.05) is 38.1 Å². The van der Waals surface area contributed by atoms with E-state index in [0.717, 1.165) is 0 Å². The minimum atomic E-state index is -0.436. The molecule has 178 valence electrons. The van der Waals surface area contributed by atoms with Crippen LogP contribution in [0.5, 0.6) is 0 Å². The zero-order valence-electron chi connectivity index (χ0n) is 19.4. The molecular formula is C25H29N5O4. The Bertz CT molecular complexity index is 1170. The smallest absolute Gasteiger partial charge is 0.319 e. The first-order valence-electron chi connectivity index (χ1n) is 11.6. The molecule has 1 fully saturated rings. The van der Waals surface area contributed by atoms with Gasteiger partial charge in [-0.1, -0.05) is 18.2 Å². The highest BCUT2D eigenvalue weighted by Gasteiger charge is 2.29. The number of likely N-dealkylation sites (tertiary alicyclic amines) is 1. The Morgan fingerprint density at radius 2 is 1.79 bits per heavy atom. The summed E-state index contributed by atoms with van der Waals surface area (Å²) in [5.74, 6) is -0.411. The van der Waals surface area contributed by atoms with E-state index in [-0.39, 0.29) is 17.9 Å². The topological polar surface area (TPSA) is 108 Å². The van der Waals surface area contributed by atoms with Crippen molar-refractivity contribution >= 4 is 28.7 Å². The van der Waals surface area contributed by atoms with E-state index >= 15 is 0 Å². The van der Waals surface area contributed by atoms with Gasteiger partial charge in [0.2, 0.25) is 5.91 Å². The van der Waals surface area contributed by atoms with Crippen molar-refractivity contribution in [1.29, 1.82) is 0 Å². The van der Waals surface area contributed by atoms with E-state index in [2.05, 4.69) is 15.8 Å². The molecular weight excluding hydrogens is 434 g/mol. The number of nitrogens with one attached hydrogen (secondary N) is 2. The first-order valence-corrected chi connectivity index (χ1v) is 11.6. The summed E-state index contributed by atoms with van der Waals surface area (Å²) in [5.41, 5.74) is 6.68. The van der Waals surface area contributed by atoms with Gasteiger partial charge < -0.3 is 14.2 Å². The maximum absolute atomic E-state index is 13.0. The number of carbonyl (C=O) groups is 3. The summed E-state index contributed by atoms with van der Waals surface area (Å²) in [4.78, 5) is 46.4. The second-order valence-corrected chi connectivity index (χ2v) is 8.21. The Kier molecular flexibility index (Phi) is 7.10. The number of amides is 4. The van der Waals surface area contributed by atoms with E-state index in [4.69, 9.17) is 4.42 Å². The van der Waals surface area contributed by atoms with Crippen LogP contribution >= 0.6 is 0 Å². The predicted octanol–water partition coefficient (Wildman–Crippen LogP) is 3.43. The normalized spacial score (nSPS) is 14.1. The summed E-state index contributed by atoms with van der Waals surface area (Å²) in [6.07, 6.45) is 2.65. The highest BCUT2D eigenvalue weighted by Crippen LogP contribution is 2.25. The molecule has 4 rings (SSSR count). The number of rotatable bonds is 5. The highest BCUT2D eigenvalue weighted by molar-refractivity contribution is 6.07. The van der Waals surface area contributed by atoms with Gasteiger partial charge in [0, 0.05) is 37.5 Å². The predicted molar refractivity (Wildman–Crippen MR) is 128 cm³/mol. The molecule has 0 unspecified atom stereocenters. The van der Waals surface area contributed by atoms with E-state index in [9.17, 15) is 14.4 Å². The third-order valence-corrected chi connectivity index (χ3v) is 6.20. The van der Waals surface area contributed by atoms with Crippen molar-refractivity contribution in [3.8, 4) is 11.5 Å². The van der Waals surface area contributed by atoms with Crippen molar-refractivity contribution < 1.29 is 18.8 Å². The lowest BCUT2D eigenvalue weighted by molar-refractivity contribution is -0.127. The number of fused-ring (bicyclic) bond motifs is 1. The number of hydrogen-bond acceptors (Lipinski definition) is 5. The highest BCUT2D eigenvalue weighted by atomic mass is 16.3. The third kappa shape index (κ3) is 4.88. The van der Waals surface area contributed by atoms with Gasteiger partial charge >= 0.3 is 6.03 Å². The van der Waals surface area contributed by atoms with Gasteiger partial charge in [-0.25, -0.2) is 9.78 Å². The SMILES string of the molecule is CCN(CC)C(=O)N1CCC(C(=O)NNC(=O)c2cc(-c3ccco3)nc3ccccc23)CC1. The van der Waals surface area contributed by atoms with Crippen LogP contribution in [-0.2, 0) is 4.79 Å². The van der Waals surface area contributed by atoms with Crippen LogP contribution < -0.4 is 10.9 Å². The largest absolute Gasteiger partial charge is 0.463 e. The molecule has 0 spiro atoms. The van der Waals surface area contributed by atoms with Crippen molar-refractivity contribution in [2.45, 2.75) is 26.7 Å². The van der Waals surface area contributed by atoms with Crippen LogP contribution in [0.1, 0.15) is 37.0 Å². The lowest BCUT2D eigenvalue weighted by Gasteiger charge is -2.34. The first-order chi connectivity index (χ1) is 16.5. The van der Waals surface area contributed by atoms with Gasteiger partial charge in [0.1, 0.15) is 5.69 Å². The lowest BCUT2D eigenvalue weighted by atomic mass is 9.96. The van der Waals surface area contributed by atoms with Crippen molar-refractivity contribution in [2.24, 2.45) is 5.92 Å². The molecule has 2 N–H and O–H groups in total. The summed E-state index contributed by atoms with van der Waals surface area (Å²) in [6.45, 7) is 6.26. The number of para-hydroxylation sites is 1. The minimum absolute atomic E-state index is 0.00841. The number of aromatic nitrogens is 1. The Hall–Kier alpha value is -3.88. The number of furan rings is 1. The molecule has 3 aromatic rings. The summed E-state index contributed by atoms with van der Waals surface area (Å²) in [5, 5.41) is 0.674. The molecule has 1 aliphatic rings. The van der Waals surface area contributed by atoms with Crippen molar-refractivity contribution in [2.75, 3.05) is 26.2 Å². The third-order valence-electron chi connectivity index (χ3n) is 6.20. The molecule has 3 heterocycles. The van der Waals surface area contributed by atoms with Gasteiger partial charge in [-0.3, -0.25) is 20.4 Å². The monoisotopic (exact) mass is 463 g/mol. The van der Waals surface area contributed by atoms with Gasteiger partial charge in [-0.15, -0.1) is 0 Å². The van der Waals surface area contributed by atoms with Crippen LogP contribution in [0.2, 0.25) is 0 Å². The number of pyridine rings is 1. The first kappa shape index (κ1) is 23.3. The van der Waals surface area contributed by atoms with E-state index in [0.29, 0.717) is 66.9 Å². The zero-order chi connectivity index (χ0) is 24.1. The van der Waals surface area contributed by atoms with Crippen LogP contribution in [0.3, 0.4) is 0 Å². The van der Waals surface area contributed by atoms with Gasteiger partial charge in [-0.05, 0) is 51.0 Å². The molecule has 1 aliphatic heterocycles. The van der Waals surface area contributed by atoms with Gasteiger partial charge in [0.15, 0.2) is 5.76 Å². The fourth-order valence-electron chi connectivity index (χ4n) is 4.23. The molecule has 0 bridgehead atoms. The van der Waals surface area contributed by atoms with Crippen molar-refractivity contribution in [3.05, 3.63) is 54.3 Å². The number of carbonyl (C=O) groups excluding carboxylic acids is 3. The van der Waals surface area contributed by atoms with E-state index < -0.39 is 5.91 Å². The van der Waals surface area contributed by atoms with Gasteiger partial charge in [0.25, 0.3) is 5.91 Å². The fourth-order valence-corrected chi connectivity index (χ4v) is 4.23. The summed E-state index contributed by atoms with van der Waals surface area (Å²) in [7, 11) is 0.